The molecular formula is C13H16N2O3S. The second-order valence-electron chi connectivity index (χ2n) is 4.41. The van der Waals surface area contributed by atoms with Gasteiger partial charge in [0.2, 0.25) is 15.9 Å². The summed E-state index contributed by atoms with van der Waals surface area (Å²) in [6.45, 7) is 0. The Bertz CT molecular complexity index is 587. The van der Waals surface area contributed by atoms with Crippen molar-refractivity contribution in [3.05, 3.63) is 35.9 Å². The van der Waals surface area contributed by atoms with Crippen LogP contribution in [0.15, 0.2) is 35.2 Å². The zero-order valence-corrected chi connectivity index (χ0v) is 11.4. The number of hydrogen-bond acceptors (Lipinski definition) is 3. The summed E-state index contributed by atoms with van der Waals surface area (Å²) < 4.78 is 26.4. The molecule has 0 atom stereocenters. The van der Waals surface area contributed by atoms with Crippen LogP contribution in [-0.2, 0) is 14.8 Å². The van der Waals surface area contributed by atoms with Crippen LogP contribution in [0.3, 0.4) is 0 Å². The van der Waals surface area contributed by atoms with Crippen LogP contribution >= 0.6 is 0 Å². The van der Waals surface area contributed by atoms with Gasteiger partial charge in [-0.15, -0.1) is 0 Å². The minimum atomic E-state index is -3.40. The molecule has 19 heavy (non-hydrogen) atoms. The maximum atomic E-state index is 11.9. The number of likely N-dealkylation sites (N-methyl/N-ethyl adjacent to an activating group) is 1. The van der Waals surface area contributed by atoms with E-state index in [-0.39, 0.29) is 16.8 Å². The van der Waals surface area contributed by atoms with Crippen molar-refractivity contribution in [2.24, 2.45) is 0 Å². The number of sulfonamides is 1. The zero-order valence-electron chi connectivity index (χ0n) is 10.6. The molecule has 0 aliphatic heterocycles. The van der Waals surface area contributed by atoms with Gasteiger partial charge in [0.25, 0.3) is 0 Å². The third kappa shape index (κ3) is 3.90. The van der Waals surface area contributed by atoms with Gasteiger partial charge in [-0.25, -0.2) is 13.1 Å². The van der Waals surface area contributed by atoms with E-state index in [2.05, 4.69) is 10.0 Å². The average molecular weight is 280 g/mol. The lowest BCUT2D eigenvalue weighted by Gasteiger charge is -2.05. The fourth-order valence-electron chi connectivity index (χ4n) is 1.50. The van der Waals surface area contributed by atoms with Crippen LogP contribution in [0.5, 0.6) is 0 Å². The van der Waals surface area contributed by atoms with Gasteiger partial charge in [0.05, 0.1) is 4.90 Å². The van der Waals surface area contributed by atoms with E-state index in [0.717, 1.165) is 18.4 Å². The summed E-state index contributed by atoms with van der Waals surface area (Å²) in [5, 5.41) is 2.47. The highest BCUT2D eigenvalue weighted by Crippen LogP contribution is 2.22. The maximum Gasteiger partial charge on any atom is 0.243 e. The van der Waals surface area contributed by atoms with Crippen LogP contribution in [0.4, 0.5) is 0 Å². The van der Waals surface area contributed by atoms with Gasteiger partial charge in [-0.05, 0) is 36.6 Å². The van der Waals surface area contributed by atoms with Crippen molar-refractivity contribution in [2.75, 3.05) is 7.05 Å². The monoisotopic (exact) mass is 280 g/mol. The lowest BCUT2D eigenvalue weighted by molar-refractivity contribution is -0.115. The molecule has 0 radical (unpaired) electrons. The van der Waals surface area contributed by atoms with Gasteiger partial charge in [0.15, 0.2) is 0 Å². The molecule has 0 aromatic heterocycles. The molecule has 6 heteroatoms. The standard InChI is InChI=1S/C13H16N2O3S/c1-14-13(16)9-4-10-2-7-12(8-3-10)19(17,18)15-11-5-6-11/h2-4,7-9,11,15H,5-6H2,1H3,(H,14,16)/b9-4+. The summed E-state index contributed by atoms with van der Waals surface area (Å²) in [5.74, 6) is -0.202. The van der Waals surface area contributed by atoms with Crippen LogP contribution in [0, 0.1) is 0 Å². The number of carbonyl (C=O) groups excluding carboxylic acids is 1. The van der Waals surface area contributed by atoms with Gasteiger partial charge in [-0.3, -0.25) is 4.79 Å². The second-order valence-corrected chi connectivity index (χ2v) is 6.13. The molecule has 1 aromatic carbocycles. The third-order valence-corrected chi connectivity index (χ3v) is 4.30. The molecule has 1 saturated carbocycles. The molecule has 1 aliphatic rings. The summed E-state index contributed by atoms with van der Waals surface area (Å²) >= 11 is 0. The highest BCUT2D eigenvalue weighted by atomic mass is 32.2. The molecule has 2 N–H and O–H groups in total. The number of hydrogen-bond donors (Lipinski definition) is 2. The Labute approximate surface area is 112 Å². The third-order valence-electron chi connectivity index (χ3n) is 2.76. The largest absolute Gasteiger partial charge is 0.356 e. The first kappa shape index (κ1) is 13.8. The molecule has 0 spiro atoms. The highest BCUT2D eigenvalue weighted by Gasteiger charge is 2.27. The quantitative estimate of drug-likeness (QED) is 0.786. The van der Waals surface area contributed by atoms with E-state index < -0.39 is 10.0 Å². The molecule has 1 amide bonds. The Kier molecular flexibility index (Phi) is 4.01. The van der Waals surface area contributed by atoms with Crippen LogP contribution in [0.2, 0.25) is 0 Å². The Morgan fingerprint density at radius 2 is 1.89 bits per heavy atom. The van der Waals surface area contributed by atoms with Gasteiger partial charge < -0.3 is 5.32 Å². The summed E-state index contributed by atoms with van der Waals surface area (Å²) in [4.78, 5) is 11.3. The summed E-state index contributed by atoms with van der Waals surface area (Å²) in [5.41, 5.74) is 0.772. The predicted molar refractivity (Wildman–Crippen MR) is 72.9 cm³/mol. The van der Waals surface area contributed by atoms with Crippen molar-refractivity contribution in [3.63, 3.8) is 0 Å². The lowest BCUT2D eigenvalue weighted by atomic mass is 10.2. The number of amides is 1. The highest BCUT2D eigenvalue weighted by molar-refractivity contribution is 7.89. The Hall–Kier alpha value is -1.66. The number of carbonyl (C=O) groups is 1. The van der Waals surface area contributed by atoms with Crippen molar-refractivity contribution in [2.45, 2.75) is 23.8 Å². The summed E-state index contributed by atoms with van der Waals surface area (Å²) in [6.07, 6.45) is 4.84. The van der Waals surface area contributed by atoms with Gasteiger partial charge in [-0.2, -0.15) is 0 Å². The molecule has 0 heterocycles. The smallest absolute Gasteiger partial charge is 0.243 e. The molecule has 1 aromatic rings. The normalized spacial score (nSPS) is 15.6. The second kappa shape index (κ2) is 5.54. The molecular weight excluding hydrogens is 264 g/mol. The number of benzene rings is 1. The van der Waals surface area contributed by atoms with Crippen LogP contribution in [0.25, 0.3) is 6.08 Å². The van der Waals surface area contributed by atoms with Gasteiger partial charge in [0, 0.05) is 19.2 Å². The Balaban J connectivity index is 2.09. The van der Waals surface area contributed by atoms with Crippen molar-refractivity contribution in [1.29, 1.82) is 0 Å². The van der Waals surface area contributed by atoms with E-state index in [0.29, 0.717) is 0 Å². The molecule has 0 saturated heterocycles. The van der Waals surface area contributed by atoms with Crippen LogP contribution < -0.4 is 10.0 Å². The van der Waals surface area contributed by atoms with E-state index in [4.69, 9.17) is 0 Å². The van der Waals surface area contributed by atoms with E-state index in [1.807, 2.05) is 0 Å². The van der Waals surface area contributed by atoms with Gasteiger partial charge in [0.1, 0.15) is 0 Å². The SMILES string of the molecule is CNC(=O)/C=C/c1ccc(S(=O)(=O)NC2CC2)cc1. The van der Waals surface area contributed by atoms with E-state index in [1.54, 1.807) is 25.3 Å². The minimum Gasteiger partial charge on any atom is -0.356 e. The summed E-state index contributed by atoms with van der Waals surface area (Å²) in [7, 11) is -1.86. The fraction of sp³-hybridized carbons (Fsp3) is 0.308. The van der Waals surface area contributed by atoms with E-state index in [9.17, 15) is 13.2 Å². The minimum absolute atomic E-state index is 0.0952. The molecule has 1 fully saturated rings. The first-order chi connectivity index (χ1) is 9.01. The van der Waals surface area contributed by atoms with Gasteiger partial charge in [-0.1, -0.05) is 12.1 Å². The van der Waals surface area contributed by atoms with Crippen molar-refractivity contribution < 1.29 is 13.2 Å². The summed E-state index contributed by atoms with van der Waals surface area (Å²) in [6, 6.07) is 6.50. The zero-order chi connectivity index (χ0) is 13.9. The van der Waals surface area contributed by atoms with Crippen molar-refractivity contribution in [1.82, 2.24) is 10.0 Å². The van der Waals surface area contributed by atoms with Crippen LogP contribution in [-0.4, -0.2) is 27.4 Å². The molecule has 2 rings (SSSR count). The molecule has 102 valence electrons. The van der Waals surface area contributed by atoms with Gasteiger partial charge >= 0.3 is 0 Å². The Morgan fingerprint density at radius 1 is 1.26 bits per heavy atom. The average Bonchev–Trinajstić information content (AvgIpc) is 3.19. The molecule has 1 aliphatic carbocycles. The van der Waals surface area contributed by atoms with Crippen molar-refractivity contribution >= 4 is 22.0 Å². The number of rotatable bonds is 5. The maximum absolute atomic E-state index is 11.9. The lowest BCUT2D eigenvalue weighted by Crippen LogP contribution is -2.25. The van der Waals surface area contributed by atoms with Crippen LogP contribution in [0.1, 0.15) is 18.4 Å². The molecule has 0 bridgehead atoms. The number of nitrogens with one attached hydrogen (secondary N) is 2. The topological polar surface area (TPSA) is 75.3 Å². The van der Waals surface area contributed by atoms with E-state index >= 15 is 0 Å². The Morgan fingerprint density at radius 3 is 2.42 bits per heavy atom. The molecule has 5 nitrogen and oxygen atoms in total. The predicted octanol–water partition coefficient (Wildman–Crippen LogP) is 0.886. The van der Waals surface area contributed by atoms with E-state index in [1.165, 1.54) is 18.2 Å². The molecule has 0 unspecified atom stereocenters. The van der Waals surface area contributed by atoms with Crippen molar-refractivity contribution in [3.8, 4) is 0 Å². The first-order valence-corrected chi connectivity index (χ1v) is 7.52. The first-order valence-electron chi connectivity index (χ1n) is 6.03. The fourth-order valence-corrected chi connectivity index (χ4v) is 2.81.